The lowest BCUT2D eigenvalue weighted by molar-refractivity contribution is 0.0595. The molecule has 1 aromatic rings. The van der Waals surface area contributed by atoms with Gasteiger partial charge in [-0.25, -0.2) is 4.79 Å². The van der Waals surface area contributed by atoms with Crippen LogP contribution in [0, 0.1) is 0 Å². The molecule has 0 radical (unpaired) electrons. The summed E-state index contributed by atoms with van der Waals surface area (Å²) in [5, 5.41) is 14.0. The first-order valence-corrected chi connectivity index (χ1v) is 5.53. The van der Waals surface area contributed by atoms with Crippen LogP contribution in [0.25, 0.3) is 0 Å². The molecule has 1 heterocycles. The third kappa shape index (κ3) is 2.09. The Morgan fingerprint density at radius 3 is 3.00 bits per heavy atom. The number of carbonyl (C=O) groups is 1. The molecule has 1 aliphatic carbocycles. The van der Waals surface area contributed by atoms with Crippen LogP contribution in [0.2, 0.25) is 0 Å². The van der Waals surface area contributed by atoms with Gasteiger partial charge in [-0.2, -0.15) is 5.10 Å². The van der Waals surface area contributed by atoms with E-state index in [-0.39, 0.29) is 12.1 Å². The predicted octanol–water partition coefficient (Wildman–Crippen LogP) is 1.15. The maximum Gasteiger partial charge on any atom is 0.341 e. The Morgan fingerprint density at radius 1 is 1.56 bits per heavy atom. The lowest BCUT2D eigenvalue weighted by Crippen LogP contribution is -2.27. The molecule has 0 bridgehead atoms. The number of rotatable bonds is 2. The highest BCUT2D eigenvalue weighted by Crippen LogP contribution is 2.28. The summed E-state index contributed by atoms with van der Waals surface area (Å²) in [5.74, 6) is -0.392. The van der Waals surface area contributed by atoms with Gasteiger partial charge in [0.05, 0.1) is 31.0 Å². The second-order valence-corrected chi connectivity index (χ2v) is 4.12. The van der Waals surface area contributed by atoms with Gasteiger partial charge in [0.1, 0.15) is 0 Å². The van der Waals surface area contributed by atoms with Crippen LogP contribution in [0.1, 0.15) is 42.1 Å². The van der Waals surface area contributed by atoms with Crippen LogP contribution in [0.5, 0.6) is 0 Å². The van der Waals surface area contributed by atoms with Crippen molar-refractivity contribution in [3.05, 3.63) is 18.0 Å². The normalized spacial score (nSPS) is 25.4. The van der Waals surface area contributed by atoms with Gasteiger partial charge in [0.2, 0.25) is 0 Å². The molecular weight excluding hydrogens is 208 g/mol. The van der Waals surface area contributed by atoms with Gasteiger partial charge in [0.15, 0.2) is 0 Å². The summed E-state index contributed by atoms with van der Waals surface area (Å²) in [5.41, 5.74) is 0.431. The highest BCUT2D eigenvalue weighted by Gasteiger charge is 2.25. The number of aliphatic hydroxyl groups is 1. The van der Waals surface area contributed by atoms with Crippen molar-refractivity contribution in [2.45, 2.75) is 37.8 Å². The Morgan fingerprint density at radius 2 is 2.31 bits per heavy atom. The molecule has 0 amide bonds. The predicted molar refractivity (Wildman–Crippen MR) is 57.1 cm³/mol. The topological polar surface area (TPSA) is 64.3 Å². The Hall–Kier alpha value is -1.36. The average Bonchev–Trinajstić information content (AvgIpc) is 2.78. The fraction of sp³-hybridized carbons (Fsp3) is 0.636. The molecule has 0 aromatic carbocycles. The molecule has 1 fully saturated rings. The number of hydrogen-bond donors (Lipinski definition) is 1. The van der Waals surface area contributed by atoms with Crippen molar-refractivity contribution in [3.63, 3.8) is 0 Å². The monoisotopic (exact) mass is 224 g/mol. The van der Waals surface area contributed by atoms with Gasteiger partial charge in [-0.05, 0) is 12.8 Å². The van der Waals surface area contributed by atoms with E-state index in [9.17, 15) is 9.90 Å². The molecule has 5 heteroatoms. The standard InChI is InChI=1S/C11H16N2O3/c1-16-11(15)8-6-12-13(7-8)9-4-2-3-5-10(9)14/h6-7,9-10,14H,2-5H2,1H3/t9-,10-/m1/s1. The van der Waals surface area contributed by atoms with E-state index in [1.54, 1.807) is 10.9 Å². The summed E-state index contributed by atoms with van der Waals surface area (Å²) in [6, 6.07) is -0.00726. The van der Waals surface area contributed by atoms with Crippen LogP contribution in [-0.4, -0.2) is 34.1 Å². The summed E-state index contributed by atoms with van der Waals surface area (Å²) >= 11 is 0. The zero-order valence-corrected chi connectivity index (χ0v) is 9.30. The molecule has 0 unspecified atom stereocenters. The smallest absolute Gasteiger partial charge is 0.341 e. The zero-order chi connectivity index (χ0) is 11.5. The molecule has 1 saturated carbocycles. The van der Waals surface area contributed by atoms with Crippen LogP contribution in [0.4, 0.5) is 0 Å². The van der Waals surface area contributed by atoms with Crippen molar-refractivity contribution in [3.8, 4) is 0 Å². The molecule has 2 atom stereocenters. The van der Waals surface area contributed by atoms with Gasteiger partial charge in [-0.1, -0.05) is 12.8 Å². The molecule has 0 saturated heterocycles. The van der Waals surface area contributed by atoms with Gasteiger partial charge in [-0.3, -0.25) is 4.68 Å². The average molecular weight is 224 g/mol. The van der Waals surface area contributed by atoms with E-state index in [1.807, 2.05) is 0 Å². The third-order valence-electron chi connectivity index (χ3n) is 3.06. The molecular formula is C11H16N2O3. The van der Waals surface area contributed by atoms with E-state index in [4.69, 9.17) is 0 Å². The summed E-state index contributed by atoms with van der Waals surface area (Å²) in [6.07, 6.45) is 6.62. The number of aliphatic hydroxyl groups excluding tert-OH is 1. The maximum atomic E-state index is 11.3. The second-order valence-electron chi connectivity index (χ2n) is 4.12. The first-order valence-electron chi connectivity index (χ1n) is 5.53. The molecule has 1 N–H and O–H groups in total. The van der Waals surface area contributed by atoms with Crippen LogP contribution >= 0.6 is 0 Å². The SMILES string of the molecule is COC(=O)c1cnn([C@@H]2CCCC[C@H]2O)c1. The summed E-state index contributed by atoms with van der Waals surface area (Å²) < 4.78 is 6.29. The van der Waals surface area contributed by atoms with E-state index in [1.165, 1.54) is 13.3 Å². The van der Waals surface area contributed by atoms with E-state index in [2.05, 4.69) is 9.84 Å². The lowest BCUT2D eigenvalue weighted by atomic mass is 9.93. The van der Waals surface area contributed by atoms with Gasteiger partial charge in [0.25, 0.3) is 0 Å². The van der Waals surface area contributed by atoms with Crippen molar-refractivity contribution in [2.24, 2.45) is 0 Å². The first-order chi connectivity index (χ1) is 7.72. The fourth-order valence-corrected chi connectivity index (χ4v) is 2.14. The largest absolute Gasteiger partial charge is 0.465 e. The quantitative estimate of drug-likeness (QED) is 0.765. The van der Waals surface area contributed by atoms with Crippen LogP contribution in [-0.2, 0) is 4.74 Å². The summed E-state index contributed by atoms with van der Waals surface area (Å²) in [6.45, 7) is 0. The minimum atomic E-state index is -0.392. The van der Waals surface area contributed by atoms with Crippen molar-refractivity contribution in [1.29, 1.82) is 0 Å². The number of nitrogens with zero attached hydrogens (tertiary/aromatic N) is 2. The number of aromatic nitrogens is 2. The Balaban J connectivity index is 2.14. The van der Waals surface area contributed by atoms with Gasteiger partial charge >= 0.3 is 5.97 Å². The number of methoxy groups -OCH3 is 1. The van der Waals surface area contributed by atoms with Gasteiger partial charge in [0, 0.05) is 6.20 Å². The van der Waals surface area contributed by atoms with Gasteiger partial charge in [-0.15, -0.1) is 0 Å². The van der Waals surface area contributed by atoms with E-state index in [0.29, 0.717) is 5.56 Å². The third-order valence-corrected chi connectivity index (χ3v) is 3.06. The summed E-state index contributed by atoms with van der Waals surface area (Å²) in [7, 11) is 1.34. The minimum Gasteiger partial charge on any atom is -0.465 e. The molecule has 16 heavy (non-hydrogen) atoms. The fourth-order valence-electron chi connectivity index (χ4n) is 2.14. The van der Waals surface area contributed by atoms with E-state index < -0.39 is 5.97 Å². The Labute approximate surface area is 94.0 Å². The number of hydrogen-bond acceptors (Lipinski definition) is 4. The van der Waals surface area contributed by atoms with Crippen molar-refractivity contribution < 1.29 is 14.6 Å². The van der Waals surface area contributed by atoms with Crippen LogP contribution < -0.4 is 0 Å². The Kier molecular flexibility index (Phi) is 3.24. The maximum absolute atomic E-state index is 11.3. The van der Waals surface area contributed by atoms with E-state index in [0.717, 1.165) is 25.7 Å². The van der Waals surface area contributed by atoms with Gasteiger partial charge < -0.3 is 9.84 Å². The van der Waals surface area contributed by atoms with Crippen molar-refractivity contribution in [2.75, 3.05) is 7.11 Å². The molecule has 0 spiro atoms. The molecule has 1 aromatic heterocycles. The zero-order valence-electron chi connectivity index (χ0n) is 9.30. The van der Waals surface area contributed by atoms with Crippen LogP contribution in [0.3, 0.4) is 0 Å². The van der Waals surface area contributed by atoms with E-state index >= 15 is 0 Å². The second kappa shape index (κ2) is 4.65. The first kappa shape index (κ1) is 11.1. The minimum absolute atomic E-state index is 0.00726. The van der Waals surface area contributed by atoms with Crippen molar-refractivity contribution >= 4 is 5.97 Å². The lowest BCUT2D eigenvalue weighted by Gasteiger charge is -2.27. The molecule has 1 aliphatic rings. The number of ether oxygens (including phenoxy) is 1. The number of carbonyl (C=O) groups excluding carboxylic acids is 1. The molecule has 2 rings (SSSR count). The van der Waals surface area contributed by atoms with Crippen molar-refractivity contribution in [1.82, 2.24) is 9.78 Å². The molecule has 5 nitrogen and oxygen atoms in total. The van der Waals surface area contributed by atoms with Crippen LogP contribution in [0.15, 0.2) is 12.4 Å². The number of esters is 1. The molecule has 88 valence electrons. The Bertz CT molecular complexity index is 375. The molecule has 0 aliphatic heterocycles. The summed E-state index contributed by atoms with van der Waals surface area (Å²) in [4.78, 5) is 11.3. The highest BCUT2D eigenvalue weighted by atomic mass is 16.5. The highest BCUT2D eigenvalue weighted by molar-refractivity contribution is 5.88.